The smallest absolute Gasteiger partial charge is 0.231 e. The Labute approximate surface area is 130 Å². The maximum atomic E-state index is 13.0. The van der Waals surface area contributed by atoms with Crippen LogP contribution in [0.3, 0.4) is 0 Å². The van der Waals surface area contributed by atoms with E-state index in [4.69, 9.17) is 0 Å². The zero-order valence-electron chi connectivity index (χ0n) is 12.7. The van der Waals surface area contributed by atoms with Gasteiger partial charge in [0.1, 0.15) is 5.82 Å². The van der Waals surface area contributed by atoms with Crippen molar-refractivity contribution in [3.05, 3.63) is 18.6 Å². The molecule has 2 N–H and O–H groups in total. The van der Waals surface area contributed by atoms with Crippen LogP contribution in [0.2, 0.25) is 0 Å². The summed E-state index contributed by atoms with van der Waals surface area (Å²) in [4.78, 5) is 25.7. The predicted octanol–water partition coefficient (Wildman–Crippen LogP) is -1.07. The van der Waals surface area contributed by atoms with Crippen molar-refractivity contribution in [3.63, 3.8) is 0 Å². The molecule has 0 unspecified atom stereocenters. The number of amides is 1. The third kappa shape index (κ3) is 2.16. The highest BCUT2D eigenvalue weighted by molar-refractivity contribution is 5.85. The first-order chi connectivity index (χ1) is 10.8. The fourth-order valence-electron chi connectivity index (χ4n) is 3.99. The van der Waals surface area contributed by atoms with Gasteiger partial charge in [-0.05, 0) is 0 Å². The van der Waals surface area contributed by atoms with Crippen LogP contribution in [0.15, 0.2) is 18.6 Å². The Morgan fingerprint density at radius 2 is 1.86 bits per heavy atom. The third-order valence-electron chi connectivity index (χ3n) is 5.31. The van der Waals surface area contributed by atoms with Gasteiger partial charge in [0.05, 0.1) is 11.6 Å². The van der Waals surface area contributed by atoms with Gasteiger partial charge in [-0.2, -0.15) is 0 Å². The Balaban J connectivity index is 1.42. The Morgan fingerprint density at radius 1 is 1.14 bits per heavy atom. The molecule has 7 nitrogen and oxygen atoms in total. The minimum atomic E-state index is -0.214. The summed E-state index contributed by atoms with van der Waals surface area (Å²) < 4.78 is 0. The number of hydrogen-bond donors (Lipinski definition) is 2. The summed E-state index contributed by atoms with van der Waals surface area (Å²) in [7, 11) is 0. The largest absolute Gasteiger partial charge is 0.352 e. The Hall–Kier alpha value is -1.73. The van der Waals surface area contributed by atoms with Gasteiger partial charge in [0.25, 0.3) is 0 Å². The zero-order chi connectivity index (χ0) is 15.0. The number of anilines is 1. The molecular formula is C15H22N6O. The van der Waals surface area contributed by atoms with Gasteiger partial charge >= 0.3 is 0 Å². The van der Waals surface area contributed by atoms with Gasteiger partial charge in [0.2, 0.25) is 5.91 Å². The van der Waals surface area contributed by atoms with Crippen molar-refractivity contribution in [2.75, 3.05) is 57.3 Å². The fraction of sp³-hybridized carbons (Fsp3) is 0.667. The summed E-state index contributed by atoms with van der Waals surface area (Å²) in [5.41, 5.74) is -0.214. The number of piperazine rings is 1. The molecule has 118 valence electrons. The number of fused-ring (bicyclic) bond motifs is 1. The lowest BCUT2D eigenvalue weighted by atomic mass is 9.79. The quantitative estimate of drug-likeness (QED) is 0.725. The van der Waals surface area contributed by atoms with Crippen LogP contribution in [0.4, 0.5) is 5.82 Å². The van der Waals surface area contributed by atoms with Crippen molar-refractivity contribution >= 4 is 11.7 Å². The van der Waals surface area contributed by atoms with Crippen molar-refractivity contribution in [1.82, 2.24) is 25.5 Å². The molecule has 0 aliphatic carbocycles. The summed E-state index contributed by atoms with van der Waals surface area (Å²) in [6.45, 7) is 6.73. The van der Waals surface area contributed by atoms with Crippen LogP contribution in [0.25, 0.3) is 0 Å². The van der Waals surface area contributed by atoms with E-state index in [-0.39, 0.29) is 5.41 Å². The monoisotopic (exact) mass is 302 g/mol. The molecule has 4 heterocycles. The van der Waals surface area contributed by atoms with Gasteiger partial charge in [0.15, 0.2) is 0 Å². The van der Waals surface area contributed by atoms with E-state index in [1.54, 1.807) is 18.6 Å². The molecule has 0 atom stereocenters. The first-order valence-corrected chi connectivity index (χ1v) is 8.01. The number of hydrogen-bond acceptors (Lipinski definition) is 6. The molecule has 0 saturated carbocycles. The number of carbonyl (C=O) groups excluding carboxylic acids is 1. The number of rotatable bonds is 2. The Morgan fingerprint density at radius 3 is 2.50 bits per heavy atom. The molecule has 0 bridgehead atoms. The highest BCUT2D eigenvalue weighted by Gasteiger charge is 2.53. The first kappa shape index (κ1) is 13.9. The molecule has 0 radical (unpaired) electrons. The maximum Gasteiger partial charge on any atom is 0.231 e. The van der Waals surface area contributed by atoms with Gasteiger partial charge in [-0.1, -0.05) is 0 Å². The topological polar surface area (TPSA) is 73.4 Å². The molecule has 3 aliphatic heterocycles. The predicted molar refractivity (Wildman–Crippen MR) is 82.5 cm³/mol. The third-order valence-corrected chi connectivity index (χ3v) is 5.31. The molecule has 1 amide bonds. The van der Waals surface area contributed by atoms with Crippen molar-refractivity contribution < 1.29 is 4.79 Å². The first-order valence-electron chi connectivity index (χ1n) is 8.01. The van der Waals surface area contributed by atoms with Crippen LogP contribution in [-0.2, 0) is 4.79 Å². The minimum Gasteiger partial charge on any atom is -0.352 e. The van der Waals surface area contributed by atoms with E-state index < -0.39 is 0 Å². The van der Waals surface area contributed by atoms with Crippen LogP contribution >= 0.6 is 0 Å². The fourth-order valence-corrected chi connectivity index (χ4v) is 3.99. The van der Waals surface area contributed by atoms with Crippen molar-refractivity contribution in [2.45, 2.75) is 0 Å². The second kappa shape index (κ2) is 5.48. The molecule has 1 aromatic heterocycles. The van der Waals surface area contributed by atoms with Crippen molar-refractivity contribution in [3.8, 4) is 0 Å². The maximum absolute atomic E-state index is 13.0. The van der Waals surface area contributed by atoms with Crippen LogP contribution in [0.1, 0.15) is 0 Å². The van der Waals surface area contributed by atoms with Gasteiger partial charge < -0.3 is 20.4 Å². The van der Waals surface area contributed by atoms with E-state index in [1.165, 1.54) is 0 Å². The number of nitrogens with zero attached hydrogens (tertiary/aromatic N) is 4. The zero-order valence-corrected chi connectivity index (χ0v) is 12.7. The number of nitrogens with one attached hydrogen (secondary N) is 2. The number of aromatic nitrogens is 2. The van der Waals surface area contributed by atoms with E-state index in [2.05, 4.69) is 25.5 Å². The summed E-state index contributed by atoms with van der Waals surface area (Å²) >= 11 is 0. The van der Waals surface area contributed by atoms with Crippen LogP contribution in [0, 0.1) is 11.3 Å². The van der Waals surface area contributed by atoms with Crippen molar-refractivity contribution in [1.29, 1.82) is 0 Å². The molecule has 3 saturated heterocycles. The average Bonchev–Trinajstić information content (AvgIpc) is 3.16. The molecular weight excluding hydrogens is 280 g/mol. The van der Waals surface area contributed by atoms with Gasteiger partial charge in [0, 0.05) is 70.7 Å². The normalized spacial score (nSPS) is 31.4. The van der Waals surface area contributed by atoms with Gasteiger partial charge in [-0.15, -0.1) is 0 Å². The molecule has 7 heteroatoms. The molecule has 3 aliphatic rings. The molecule has 4 rings (SSSR count). The Bertz CT molecular complexity index is 532. The summed E-state index contributed by atoms with van der Waals surface area (Å²) in [6, 6.07) is 0. The Kier molecular flexibility index (Phi) is 3.46. The molecule has 0 spiro atoms. The summed E-state index contributed by atoms with van der Waals surface area (Å²) in [6.07, 6.45) is 5.18. The number of carbonyl (C=O) groups is 1. The van der Waals surface area contributed by atoms with E-state index in [9.17, 15) is 4.79 Å². The van der Waals surface area contributed by atoms with E-state index in [0.29, 0.717) is 11.8 Å². The van der Waals surface area contributed by atoms with Crippen molar-refractivity contribution in [2.24, 2.45) is 11.3 Å². The lowest BCUT2D eigenvalue weighted by Crippen LogP contribution is -2.55. The standard InChI is InChI=1S/C15H22N6O/c22-14(15-10-17-7-12(15)8-18-11-15)21-5-3-20(4-6-21)13-9-16-1-2-19-13/h1-2,9,12,17-18H,3-8,10-11H2. The van der Waals surface area contributed by atoms with E-state index in [1.807, 2.05) is 4.90 Å². The molecule has 1 aromatic rings. The SMILES string of the molecule is O=C(N1CCN(c2cnccn2)CC1)C12CNCC1CNC2. The van der Waals surface area contributed by atoms with Crippen LogP contribution in [0.5, 0.6) is 0 Å². The second-order valence-electron chi connectivity index (χ2n) is 6.46. The second-order valence-corrected chi connectivity index (χ2v) is 6.46. The van der Waals surface area contributed by atoms with Gasteiger partial charge in [-0.25, -0.2) is 4.98 Å². The van der Waals surface area contributed by atoms with E-state index in [0.717, 1.165) is 58.2 Å². The van der Waals surface area contributed by atoms with Crippen LogP contribution < -0.4 is 15.5 Å². The summed E-state index contributed by atoms with van der Waals surface area (Å²) in [5, 5.41) is 6.81. The average molecular weight is 302 g/mol. The highest BCUT2D eigenvalue weighted by atomic mass is 16.2. The molecule has 0 aromatic carbocycles. The lowest BCUT2D eigenvalue weighted by Gasteiger charge is -2.39. The molecule has 22 heavy (non-hydrogen) atoms. The lowest BCUT2D eigenvalue weighted by molar-refractivity contribution is -0.141. The van der Waals surface area contributed by atoms with Crippen LogP contribution in [-0.4, -0.2) is 73.1 Å². The van der Waals surface area contributed by atoms with Gasteiger partial charge in [-0.3, -0.25) is 9.78 Å². The minimum absolute atomic E-state index is 0.214. The highest BCUT2D eigenvalue weighted by Crippen LogP contribution is 2.36. The molecule has 3 fully saturated rings. The van der Waals surface area contributed by atoms with E-state index >= 15 is 0 Å². The summed E-state index contributed by atoms with van der Waals surface area (Å²) in [5.74, 6) is 1.67.